The van der Waals surface area contributed by atoms with Crippen LogP contribution in [0.15, 0.2) is 12.1 Å². The molecule has 0 radical (unpaired) electrons. The van der Waals surface area contributed by atoms with Gasteiger partial charge in [0.05, 0.1) is 4.34 Å². The van der Waals surface area contributed by atoms with Gasteiger partial charge in [0.15, 0.2) is 0 Å². The molecule has 0 spiro atoms. The largest absolute Gasteiger partial charge is 0.311 e. The zero-order chi connectivity index (χ0) is 12.5. The number of nitrogens with zero attached hydrogens (tertiary/aromatic N) is 1. The van der Waals surface area contributed by atoms with Crippen molar-refractivity contribution in [2.75, 3.05) is 13.1 Å². The van der Waals surface area contributed by atoms with Gasteiger partial charge >= 0.3 is 0 Å². The quantitative estimate of drug-likeness (QED) is 0.908. The van der Waals surface area contributed by atoms with Crippen molar-refractivity contribution in [2.24, 2.45) is 0 Å². The Kier molecular flexibility index (Phi) is 4.14. The standard InChI is InChI=1S/C13H21ClN2S/c1-4-13(3)9-15-10(2)7-16(13)8-11-5-6-12(14)17-11/h5-6,10,15H,4,7-9H2,1-3H3. The molecule has 96 valence electrons. The highest BCUT2D eigenvalue weighted by molar-refractivity contribution is 7.16. The second-order valence-corrected chi connectivity index (χ2v) is 7.02. The van der Waals surface area contributed by atoms with E-state index in [9.17, 15) is 0 Å². The van der Waals surface area contributed by atoms with Crippen LogP contribution < -0.4 is 5.32 Å². The summed E-state index contributed by atoms with van der Waals surface area (Å²) in [6.45, 7) is 10.1. The van der Waals surface area contributed by atoms with Crippen LogP contribution in [-0.2, 0) is 6.54 Å². The highest BCUT2D eigenvalue weighted by atomic mass is 35.5. The maximum absolute atomic E-state index is 6.00. The minimum Gasteiger partial charge on any atom is -0.311 e. The predicted octanol–water partition coefficient (Wildman–Crippen LogP) is 3.36. The molecule has 4 heteroatoms. The van der Waals surface area contributed by atoms with Gasteiger partial charge in [-0.25, -0.2) is 0 Å². The zero-order valence-corrected chi connectivity index (χ0v) is 12.4. The van der Waals surface area contributed by atoms with E-state index in [1.54, 1.807) is 11.3 Å². The SMILES string of the molecule is CCC1(C)CNC(C)CN1Cc1ccc(Cl)s1. The van der Waals surface area contributed by atoms with Gasteiger partial charge in [-0.3, -0.25) is 4.90 Å². The predicted molar refractivity (Wildman–Crippen MR) is 75.9 cm³/mol. The van der Waals surface area contributed by atoms with Crippen molar-refractivity contribution in [3.05, 3.63) is 21.3 Å². The van der Waals surface area contributed by atoms with Crippen molar-refractivity contribution in [2.45, 2.75) is 45.3 Å². The Morgan fingerprint density at radius 3 is 2.94 bits per heavy atom. The molecule has 1 N–H and O–H groups in total. The molecule has 1 aromatic heterocycles. The average molecular weight is 273 g/mol. The van der Waals surface area contributed by atoms with Gasteiger partial charge in [0, 0.05) is 36.1 Å². The molecule has 0 bridgehead atoms. The summed E-state index contributed by atoms with van der Waals surface area (Å²) >= 11 is 7.70. The lowest BCUT2D eigenvalue weighted by molar-refractivity contribution is 0.0462. The number of thiophene rings is 1. The van der Waals surface area contributed by atoms with Crippen molar-refractivity contribution in [3.8, 4) is 0 Å². The van der Waals surface area contributed by atoms with Crippen molar-refractivity contribution in [1.82, 2.24) is 10.2 Å². The summed E-state index contributed by atoms with van der Waals surface area (Å²) in [4.78, 5) is 3.96. The minimum absolute atomic E-state index is 0.267. The van der Waals surface area contributed by atoms with Crippen LogP contribution in [0.2, 0.25) is 4.34 Å². The van der Waals surface area contributed by atoms with E-state index in [1.807, 2.05) is 6.07 Å². The van der Waals surface area contributed by atoms with E-state index in [0.29, 0.717) is 6.04 Å². The van der Waals surface area contributed by atoms with Crippen molar-refractivity contribution in [3.63, 3.8) is 0 Å². The first-order valence-electron chi connectivity index (χ1n) is 6.26. The normalized spacial score (nSPS) is 30.7. The molecule has 17 heavy (non-hydrogen) atoms. The van der Waals surface area contributed by atoms with E-state index in [-0.39, 0.29) is 5.54 Å². The molecule has 1 aliphatic rings. The van der Waals surface area contributed by atoms with Crippen LogP contribution in [0.25, 0.3) is 0 Å². The Hall–Kier alpha value is -0.0900. The molecule has 2 nitrogen and oxygen atoms in total. The van der Waals surface area contributed by atoms with Crippen LogP contribution >= 0.6 is 22.9 Å². The summed E-state index contributed by atoms with van der Waals surface area (Å²) in [6, 6.07) is 4.72. The van der Waals surface area contributed by atoms with Gasteiger partial charge in [-0.15, -0.1) is 11.3 Å². The average Bonchev–Trinajstić information content (AvgIpc) is 2.70. The van der Waals surface area contributed by atoms with Crippen molar-refractivity contribution in [1.29, 1.82) is 0 Å². The lowest BCUT2D eigenvalue weighted by Crippen LogP contribution is -2.61. The topological polar surface area (TPSA) is 15.3 Å². The highest BCUT2D eigenvalue weighted by Crippen LogP contribution is 2.28. The maximum atomic E-state index is 6.00. The lowest BCUT2D eigenvalue weighted by atomic mass is 9.92. The third-order valence-electron chi connectivity index (χ3n) is 3.83. The number of halogens is 1. The Morgan fingerprint density at radius 2 is 2.35 bits per heavy atom. The summed E-state index contributed by atoms with van der Waals surface area (Å²) < 4.78 is 0.890. The van der Waals surface area contributed by atoms with E-state index >= 15 is 0 Å². The van der Waals surface area contributed by atoms with E-state index in [4.69, 9.17) is 11.6 Å². The van der Waals surface area contributed by atoms with Gasteiger partial charge in [-0.05, 0) is 32.4 Å². The third-order valence-corrected chi connectivity index (χ3v) is 5.04. The Morgan fingerprint density at radius 1 is 1.59 bits per heavy atom. The fraction of sp³-hybridized carbons (Fsp3) is 0.692. The lowest BCUT2D eigenvalue weighted by Gasteiger charge is -2.47. The Labute approximate surface area is 113 Å². The van der Waals surface area contributed by atoms with Gasteiger partial charge < -0.3 is 5.32 Å². The molecular weight excluding hydrogens is 252 g/mol. The number of piperazine rings is 1. The van der Waals surface area contributed by atoms with Crippen LogP contribution in [0.3, 0.4) is 0 Å². The summed E-state index contributed by atoms with van der Waals surface area (Å²) in [5, 5.41) is 3.58. The Balaban J connectivity index is 2.10. The summed E-state index contributed by atoms with van der Waals surface area (Å²) in [5.74, 6) is 0. The van der Waals surface area contributed by atoms with Gasteiger partial charge in [0.25, 0.3) is 0 Å². The zero-order valence-electron chi connectivity index (χ0n) is 10.8. The Bertz CT molecular complexity index is 379. The molecule has 0 amide bonds. The molecule has 1 saturated heterocycles. The van der Waals surface area contributed by atoms with E-state index < -0.39 is 0 Å². The van der Waals surface area contributed by atoms with Gasteiger partial charge in [0.2, 0.25) is 0 Å². The second-order valence-electron chi connectivity index (χ2n) is 5.22. The van der Waals surface area contributed by atoms with Gasteiger partial charge in [-0.2, -0.15) is 0 Å². The molecule has 0 saturated carbocycles. The molecular formula is C13H21ClN2S. The molecule has 1 fully saturated rings. The van der Waals surface area contributed by atoms with Crippen molar-refractivity contribution >= 4 is 22.9 Å². The smallest absolute Gasteiger partial charge is 0.0931 e. The van der Waals surface area contributed by atoms with Crippen molar-refractivity contribution < 1.29 is 0 Å². The molecule has 0 aromatic carbocycles. The molecule has 0 aliphatic carbocycles. The summed E-state index contributed by atoms with van der Waals surface area (Å²) in [5.41, 5.74) is 0.267. The fourth-order valence-electron chi connectivity index (χ4n) is 2.35. The number of hydrogen-bond acceptors (Lipinski definition) is 3. The first kappa shape index (κ1) is 13.3. The van der Waals surface area contributed by atoms with E-state index in [1.165, 1.54) is 11.3 Å². The van der Waals surface area contributed by atoms with Gasteiger partial charge in [-0.1, -0.05) is 18.5 Å². The van der Waals surface area contributed by atoms with Crippen LogP contribution in [0, 0.1) is 0 Å². The molecule has 2 atom stereocenters. The molecule has 1 aliphatic heterocycles. The van der Waals surface area contributed by atoms with Crippen LogP contribution in [0.5, 0.6) is 0 Å². The molecule has 2 unspecified atom stereocenters. The first-order chi connectivity index (χ1) is 8.03. The minimum atomic E-state index is 0.267. The highest BCUT2D eigenvalue weighted by Gasteiger charge is 2.34. The van der Waals surface area contributed by atoms with E-state index in [2.05, 4.69) is 37.1 Å². The number of nitrogens with one attached hydrogen (secondary N) is 1. The van der Waals surface area contributed by atoms with Gasteiger partial charge in [0.1, 0.15) is 0 Å². The molecule has 1 aromatic rings. The maximum Gasteiger partial charge on any atom is 0.0931 e. The third kappa shape index (κ3) is 3.02. The number of rotatable bonds is 3. The number of hydrogen-bond donors (Lipinski definition) is 1. The summed E-state index contributed by atoms with van der Waals surface area (Å²) in [6.07, 6.45) is 1.17. The van der Waals surface area contributed by atoms with Crippen LogP contribution in [-0.4, -0.2) is 29.6 Å². The molecule has 2 heterocycles. The first-order valence-corrected chi connectivity index (χ1v) is 7.45. The monoisotopic (exact) mass is 272 g/mol. The fourth-order valence-corrected chi connectivity index (χ4v) is 3.45. The van der Waals surface area contributed by atoms with Crippen LogP contribution in [0.1, 0.15) is 32.1 Å². The van der Waals surface area contributed by atoms with Crippen LogP contribution in [0.4, 0.5) is 0 Å². The molecule has 2 rings (SSSR count). The second kappa shape index (κ2) is 5.27. The van der Waals surface area contributed by atoms with E-state index in [0.717, 1.165) is 24.0 Å². The summed E-state index contributed by atoms with van der Waals surface area (Å²) in [7, 11) is 0.